The van der Waals surface area contributed by atoms with Crippen LogP contribution in [0.25, 0.3) is 5.78 Å². The molecule has 0 radical (unpaired) electrons. The molecule has 0 N–H and O–H groups in total. The van der Waals surface area contributed by atoms with Gasteiger partial charge in [0.05, 0.1) is 13.0 Å². The van der Waals surface area contributed by atoms with Gasteiger partial charge in [0, 0.05) is 44.5 Å². The highest BCUT2D eigenvalue weighted by molar-refractivity contribution is 5.78. The van der Waals surface area contributed by atoms with Gasteiger partial charge in [0.15, 0.2) is 11.6 Å². The van der Waals surface area contributed by atoms with E-state index in [9.17, 15) is 4.79 Å². The van der Waals surface area contributed by atoms with E-state index in [2.05, 4.69) is 30.1 Å². The zero-order valence-electron chi connectivity index (χ0n) is 15.7. The Hall–Kier alpha value is -2.88. The van der Waals surface area contributed by atoms with Crippen molar-refractivity contribution in [2.45, 2.75) is 33.7 Å². The molecule has 0 unspecified atom stereocenters. The molecule has 0 aliphatic carbocycles. The maximum absolute atomic E-state index is 12.6. The van der Waals surface area contributed by atoms with Crippen molar-refractivity contribution in [2.24, 2.45) is 0 Å². The van der Waals surface area contributed by atoms with Crippen LogP contribution >= 0.6 is 0 Å². The molecule has 1 amide bonds. The second-order valence-electron chi connectivity index (χ2n) is 6.84. The summed E-state index contributed by atoms with van der Waals surface area (Å²) in [5.74, 6) is 2.33. The maximum atomic E-state index is 12.6. The van der Waals surface area contributed by atoms with Crippen molar-refractivity contribution in [1.29, 1.82) is 0 Å². The van der Waals surface area contributed by atoms with Crippen molar-refractivity contribution in [1.82, 2.24) is 39.5 Å². The third-order valence-electron chi connectivity index (χ3n) is 4.63. The summed E-state index contributed by atoms with van der Waals surface area (Å²) in [6.07, 6.45) is 0.186. The van der Waals surface area contributed by atoms with Gasteiger partial charge < -0.3 is 9.42 Å². The molecule has 10 heteroatoms. The molecule has 1 fully saturated rings. The minimum absolute atomic E-state index is 0.0373. The molecule has 0 aromatic carbocycles. The number of carbonyl (C=O) groups is 1. The highest BCUT2D eigenvalue weighted by atomic mass is 16.5. The zero-order chi connectivity index (χ0) is 19.0. The Bertz CT molecular complexity index is 971. The summed E-state index contributed by atoms with van der Waals surface area (Å²) >= 11 is 0. The summed E-state index contributed by atoms with van der Waals surface area (Å²) in [5.41, 5.74) is 1.84. The Morgan fingerprint density at radius 3 is 2.56 bits per heavy atom. The van der Waals surface area contributed by atoms with E-state index in [0.717, 1.165) is 24.5 Å². The van der Waals surface area contributed by atoms with E-state index in [0.29, 0.717) is 43.0 Å². The van der Waals surface area contributed by atoms with Gasteiger partial charge in [-0.15, -0.1) is 5.10 Å². The maximum Gasteiger partial charge on any atom is 0.252 e. The summed E-state index contributed by atoms with van der Waals surface area (Å²) in [7, 11) is 0. The van der Waals surface area contributed by atoms with Gasteiger partial charge in [-0.1, -0.05) is 5.16 Å². The van der Waals surface area contributed by atoms with Crippen LogP contribution in [0.3, 0.4) is 0 Å². The normalized spacial score (nSPS) is 15.6. The highest BCUT2D eigenvalue weighted by Gasteiger charge is 2.23. The lowest BCUT2D eigenvalue weighted by molar-refractivity contribution is -0.132. The van der Waals surface area contributed by atoms with Crippen molar-refractivity contribution in [3.8, 4) is 0 Å². The van der Waals surface area contributed by atoms with Gasteiger partial charge >= 0.3 is 0 Å². The van der Waals surface area contributed by atoms with Crippen molar-refractivity contribution >= 4 is 11.7 Å². The Morgan fingerprint density at radius 2 is 1.85 bits per heavy atom. The number of fused-ring (bicyclic) bond motifs is 1. The van der Waals surface area contributed by atoms with Crippen molar-refractivity contribution < 1.29 is 9.32 Å². The standard InChI is InChI=1S/C17H22N8O2/c1-11-8-12(2)25-17(18-11)20-14(21-25)9-16(26)24-6-4-23(5-7-24)10-15-19-13(3)27-22-15/h8H,4-7,9-10H2,1-3H3. The first-order valence-corrected chi connectivity index (χ1v) is 8.97. The molecule has 27 heavy (non-hydrogen) atoms. The predicted octanol–water partition coefficient (Wildman–Crippen LogP) is 0.319. The molecule has 1 aliphatic heterocycles. The van der Waals surface area contributed by atoms with Crippen molar-refractivity contribution in [3.63, 3.8) is 0 Å². The number of hydrogen-bond acceptors (Lipinski definition) is 8. The Labute approximate surface area is 156 Å². The molecular weight excluding hydrogens is 348 g/mol. The summed E-state index contributed by atoms with van der Waals surface area (Å²) in [5, 5.41) is 8.34. The van der Waals surface area contributed by atoms with Crippen LogP contribution in [-0.4, -0.2) is 71.6 Å². The second kappa shape index (κ2) is 7.03. The van der Waals surface area contributed by atoms with Gasteiger partial charge in [-0.3, -0.25) is 9.69 Å². The second-order valence-corrected chi connectivity index (χ2v) is 6.84. The van der Waals surface area contributed by atoms with Crippen molar-refractivity contribution in [3.05, 3.63) is 35.0 Å². The fraction of sp³-hybridized carbons (Fsp3) is 0.529. The number of piperazine rings is 1. The molecule has 142 valence electrons. The van der Waals surface area contributed by atoms with Crippen LogP contribution in [0.15, 0.2) is 10.6 Å². The fourth-order valence-electron chi connectivity index (χ4n) is 3.29. The molecule has 1 saturated heterocycles. The van der Waals surface area contributed by atoms with Crippen LogP contribution in [-0.2, 0) is 17.8 Å². The molecule has 0 atom stereocenters. The quantitative estimate of drug-likeness (QED) is 0.646. The Morgan fingerprint density at radius 1 is 1.07 bits per heavy atom. The van der Waals surface area contributed by atoms with Crippen LogP contribution in [0.2, 0.25) is 0 Å². The minimum Gasteiger partial charge on any atom is -0.340 e. The van der Waals surface area contributed by atoms with E-state index in [1.165, 1.54) is 0 Å². The molecule has 4 heterocycles. The molecule has 3 aromatic rings. The number of amides is 1. The Balaban J connectivity index is 1.35. The lowest BCUT2D eigenvalue weighted by Crippen LogP contribution is -2.48. The van der Waals surface area contributed by atoms with E-state index in [1.54, 1.807) is 11.4 Å². The summed E-state index contributed by atoms with van der Waals surface area (Å²) in [4.78, 5) is 29.7. The third kappa shape index (κ3) is 3.80. The lowest BCUT2D eigenvalue weighted by Gasteiger charge is -2.33. The molecule has 3 aromatic heterocycles. The van der Waals surface area contributed by atoms with E-state index in [1.807, 2.05) is 24.8 Å². The van der Waals surface area contributed by atoms with Gasteiger partial charge in [0.2, 0.25) is 11.8 Å². The molecule has 0 bridgehead atoms. The van der Waals surface area contributed by atoms with Crippen LogP contribution in [0.1, 0.15) is 28.9 Å². The first kappa shape index (κ1) is 17.5. The lowest BCUT2D eigenvalue weighted by atomic mass is 10.2. The fourth-order valence-corrected chi connectivity index (χ4v) is 3.29. The van der Waals surface area contributed by atoms with Crippen LogP contribution in [0.5, 0.6) is 0 Å². The topological polar surface area (TPSA) is 106 Å². The summed E-state index contributed by atoms with van der Waals surface area (Å²) in [6.45, 7) is 9.17. The monoisotopic (exact) mass is 370 g/mol. The Kier molecular flexibility index (Phi) is 4.56. The molecule has 0 spiro atoms. The molecule has 4 rings (SSSR count). The highest BCUT2D eigenvalue weighted by Crippen LogP contribution is 2.10. The van der Waals surface area contributed by atoms with Gasteiger partial charge in [0.1, 0.15) is 0 Å². The SMILES string of the molecule is Cc1cc(C)n2nc(CC(=O)N3CCN(Cc4noc(C)n4)CC3)nc2n1. The number of hydrogen-bond donors (Lipinski definition) is 0. The van der Waals surface area contributed by atoms with Gasteiger partial charge in [0.25, 0.3) is 5.78 Å². The number of carbonyl (C=O) groups excluding carboxylic acids is 1. The van der Waals surface area contributed by atoms with Crippen molar-refractivity contribution in [2.75, 3.05) is 26.2 Å². The predicted molar refractivity (Wildman–Crippen MR) is 94.9 cm³/mol. The van der Waals surface area contributed by atoms with Crippen LogP contribution < -0.4 is 0 Å². The van der Waals surface area contributed by atoms with E-state index < -0.39 is 0 Å². The zero-order valence-corrected chi connectivity index (χ0v) is 15.7. The van der Waals surface area contributed by atoms with E-state index >= 15 is 0 Å². The van der Waals surface area contributed by atoms with Gasteiger partial charge in [-0.05, 0) is 19.9 Å². The molecule has 1 aliphatic rings. The van der Waals surface area contributed by atoms with E-state index in [-0.39, 0.29) is 12.3 Å². The number of nitrogens with zero attached hydrogens (tertiary/aromatic N) is 8. The molecular formula is C17H22N8O2. The molecule has 0 saturated carbocycles. The number of aryl methyl sites for hydroxylation is 3. The van der Waals surface area contributed by atoms with Gasteiger partial charge in [-0.25, -0.2) is 9.50 Å². The first-order valence-electron chi connectivity index (χ1n) is 8.97. The average Bonchev–Trinajstić information content (AvgIpc) is 3.21. The number of aromatic nitrogens is 6. The van der Waals surface area contributed by atoms with Gasteiger partial charge in [-0.2, -0.15) is 9.97 Å². The van der Waals surface area contributed by atoms with Crippen LogP contribution in [0.4, 0.5) is 0 Å². The minimum atomic E-state index is 0.0373. The summed E-state index contributed by atoms with van der Waals surface area (Å²) in [6, 6.07) is 1.94. The van der Waals surface area contributed by atoms with Crippen LogP contribution in [0, 0.1) is 20.8 Å². The smallest absolute Gasteiger partial charge is 0.252 e. The van der Waals surface area contributed by atoms with E-state index in [4.69, 9.17) is 4.52 Å². The first-order chi connectivity index (χ1) is 13.0. The number of rotatable bonds is 4. The average molecular weight is 370 g/mol. The third-order valence-corrected chi connectivity index (χ3v) is 4.63. The summed E-state index contributed by atoms with van der Waals surface area (Å²) < 4.78 is 6.68. The molecule has 10 nitrogen and oxygen atoms in total. The largest absolute Gasteiger partial charge is 0.340 e.